The molecule has 0 saturated heterocycles. The summed E-state index contributed by atoms with van der Waals surface area (Å²) in [6.07, 6.45) is 0. The van der Waals surface area contributed by atoms with Crippen molar-refractivity contribution in [2.45, 2.75) is 22.7 Å². The molecule has 0 fully saturated rings. The van der Waals surface area contributed by atoms with Gasteiger partial charge in [0, 0.05) is 0 Å². The summed E-state index contributed by atoms with van der Waals surface area (Å²) in [4.78, 5) is 0. The van der Waals surface area contributed by atoms with Crippen LogP contribution in [-0.2, 0) is 20.1 Å². The van der Waals surface area contributed by atoms with E-state index in [2.05, 4.69) is 0 Å². The summed E-state index contributed by atoms with van der Waals surface area (Å²) in [7, 11) is 0. The van der Waals surface area contributed by atoms with Crippen LogP contribution in [0.1, 0.15) is 0 Å². The summed E-state index contributed by atoms with van der Waals surface area (Å²) in [5, 5.41) is 0. The summed E-state index contributed by atoms with van der Waals surface area (Å²) < 4.78 is 20.2. The van der Waals surface area contributed by atoms with Gasteiger partial charge in [0.2, 0.25) is 0 Å². The molecular weight excluding hydrogens is 193 g/mol. The molecule has 0 bridgehead atoms. The molecule has 0 heterocycles. The van der Waals surface area contributed by atoms with Gasteiger partial charge in [-0.05, 0) is 0 Å². The Morgan fingerprint density at radius 1 is 1.22 bits per heavy atom. The summed E-state index contributed by atoms with van der Waals surface area (Å²) in [5.41, 5.74) is 5.34. The summed E-state index contributed by atoms with van der Waals surface area (Å²) >= 11 is -3.81. The standard InChI is InChI=1S/C2H6N.4CH3.O.Zr/c1-2-3;;;;;;/h1-3H2;4*1H3;;. The van der Waals surface area contributed by atoms with Gasteiger partial charge < -0.3 is 0 Å². The molecule has 0 unspecified atom stereocenters. The second kappa shape index (κ2) is 1.62. The van der Waals surface area contributed by atoms with Crippen LogP contribution >= 0.6 is 0 Å². The molecule has 0 radical (unpaired) electrons. The molecule has 0 rings (SSSR count). The molecule has 3 heteroatoms. The third kappa shape index (κ3) is 8.64. The van der Waals surface area contributed by atoms with E-state index in [-0.39, 0.29) is 0 Å². The van der Waals surface area contributed by atoms with Crippen LogP contribution in [0.2, 0.25) is 22.7 Å². The van der Waals surface area contributed by atoms with Crippen LogP contribution in [0.3, 0.4) is 0 Å². The quantitative estimate of drug-likeness (QED) is 0.760. The fourth-order valence-corrected chi connectivity index (χ4v) is 3.76. The Labute approximate surface area is 55.1 Å². The molecule has 2 N–H and O–H groups in total. The third-order valence-electron chi connectivity index (χ3n) is 1.25. The Kier molecular flexibility index (Phi) is 1.74. The van der Waals surface area contributed by atoms with Gasteiger partial charge in [-0.1, -0.05) is 0 Å². The van der Waals surface area contributed by atoms with Crippen molar-refractivity contribution < 1.29 is 20.1 Å². The molecule has 0 aromatic heterocycles. The van der Waals surface area contributed by atoms with Gasteiger partial charge >= 0.3 is 55.0 Å². The van der Waals surface area contributed by atoms with E-state index >= 15 is 0 Å². The molecule has 0 spiro atoms. The van der Waals surface area contributed by atoms with E-state index in [0.29, 0.717) is 10.7 Å². The zero-order valence-electron chi connectivity index (χ0n) is 6.90. The molecule has 0 amide bonds. The van der Waals surface area contributed by atoms with Crippen LogP contribution < -0.4 is 5.73 Å². The average molecular weight is 211 g/mol. The van der Waals surface area contributed by atoms with E-state index in [1.54, 1.807) is 0 Å². The molecule has 0 aromatic carbocycles. The van der Waals surface area contributed by atoms with Gasteiger partial charge in [0.1, 0.15) is 0 Å². The van der Waals surface area contributed by atoms with E-state index in [0.717, 1.165) is 0 Å². The van der Waals surface area contributed by atoms with Crippen LogP contribution in [0.25, 0.3) is 0 Å². The fraction of sp³-hybridized carbons (Fsp3) is 1.00. The first-order chi connectivity index (χ1) is 3.54. The Morgan fingerprint density at radius 2 is 1.56 bits per heavy atom. The Bertz CT molecular complexity index is 172. The van der Waals surface area contributed by atoms with Crippen molar-refractivity contribution >= 4 is 0 Å². The molecule has 0 aromatic rings. The van der Waals surface area contributed by atoms with Gasteiger partial charge in [-0.3, -0.25) is 0 Å². The first-order valence-electron chi connectivity index (χ1n) is 3.47. The van der Waals surface area contributed by atoms with Crippen molar-refractivity contribution in [3.05, 3.63) is 0 Å². The summed E-state index contributed by atoms with van der Waals surface area (Å²) in [6.45, 7) is 0.543. The first kappa shape index (κ1) is 9.64. The molecule has 0 aliphatic heterocycles. The third-order valence-corrected chi connectivity index (χ3v) is 7.37. The summed E-state index contributed by atoms with van der Waals surface area (Å²) in [5.74, 6) is 0. The van der Waals surface area contributed by atoms with E-state index < -0.39 is 17.3 Å². The summed E-state index contributed by atoms with van der Waals surface area (Å²) in [6, 6.07) is 0. The van der Waals surface area contributed by atoms with Crippen LogP contribution in [0.5, 0.6) is 0 Å². The average Bonchev–Trinajstić information content (AvgIpc) is 1.22. The SMILES string of the molecule is [CH3][Zr]([CH3])([CH3])([CH3])(=[O])[CH2]CN. The van der Waals surface area contributed by atoms with E-state index in [9.17, 15) is 2.81 Å². The Morgan fingerprint density at radius 3 is 1.56 bits per heavy atom. The Balaban J connectivity index is 4.57. The van der Waals surface area contributed by atoms with Crippen molar-refractivity contribution in [2.75, 3.05) is 6.54 Å². The van der Waals surface area contributed by atoms with Crippen molar-refractivity contribution in [2.24, 2.45) is 5.73 Å². The minimum atomic E-state index is -3.81. The van der Waals surface area contributed by atoms with Gasteiger partial charge in [0.25, 0.3) is 0 Å². The van der Waals surface area contributed by atoms with E-state index in [4.69, 9.17) is 5.73 Å². The zero-order chi connectivity index (χ0) is 7.82. The molecular formula is C6H18NOZr. The van der Waals surface area contributed by atoms with Crippen LogP contribution in [-0.4, -0.2) is 6.54 Å². The van der Waals surface area contributed by atoms with Gasteiger partial charge in [-0.15, -0.1) is 0 Å². The molecule has 0 aliphatic rings. The van der Waals surface area contributed by atoms with Gasteiger partial charge in [0.05, 0.1) is 0 Å². The molecule has 0 aliphatic carbocycles. The van der Waals surface area contributed by atoms with Crippen molar-refractivity contribution in [3.63, 3.8) is 0 Å². The van der Waals surface area contributed by atoms with Crippen molar-refractivity contribution in [1.29, 1.82) is 0 Å². The fourth-order valence-electron chi connectivity index (χ4n) is 0.636. The molecule has 0 atom stereocenters. The van der Waals surface area contributed by atoms with E-state index in [1.807, 2.05) is 18.5 Å². The predicted octanol–water partition coefficient (Wildman–Crippen LogP) is 2.13. The first-order valence-corrected chi connectivity index (χ1v) is 16.0. The van der Waals surface area contributed by atoms with Gasteiger partial charge in [0.15, 0.2) is 0 Å². The van der Waals surface area contributed by atoms with Crippen LogP contribution in [0.15, 0.2) is 0 Å². The van der Waals surface area contributed by atoms with Crippen molar-refractivity contribution in [1.82, 2.24) is 0 Å². The topological polar surface area (TPSA) is 43.1 Å². The second-order valence-electron chi connectivity index (χ2n) is 5.91. The maximum atomic E-state index is 12.0. The molecule has 57 valence electrons. The number of rotatable bonds is 2. The van der Waals surface area contributed by atoms with Crippen LogP contribution in [0.4, 0.5) is 0 Å². The normalized spacial score (nSPS) is 20.6. The van der Waals surface area contributed by atoms with Crippen LogP contribution in [0, 0.1) is 0 Å². The minimum absolute atomic E-state index is 0.543. The Hall–Kier alpha value is 0.643. The van der Waals surface area contributed by atoms with E-state index in [1.165, 1.54) is 0 Å². The molecule has 0 saturated carbocycles. The number of hydrogen-bond acceptors (Lipinski definition) is 2. The monoisotopic (exact) mass is 210 g/mol. The van der Waals surface area contributed by atoms with Gasteiger partial charge in [-0.2, -0.15) is 0 Å². The predicted molar refractivity (Wildman–Crippen MR) is 38.0 cm³/mol. The second-order valence-corrected chi connectivity index (χ2v) is 33.6. The molecule has 2 nitrogen and oxygen atoms in total. The number of hydrogen-bond donors (Lipinski definition) is 1. The molecule has 9 heavy (non-hydrogen) atoms. The number of nitrogens with two attached hydrogens (primary N) is 1. The van der Waals surface area contributed by atoms with Crippen molar-refractivity contribution in [3.8, 4) is 0 Å². The zero-order valence-corrected chi connectivity index (χ0v) is 9.36. The van der Waals surface area contributed by atoms with Gasteiger partial charge in [-0.25, -0.2) is 0 Å². The maximum absolute atomic E-state index is 12.0.